The van der Waals surface area contributed by atoms with E-state index in [1.807, 2.05) is 13.0 Å². The second-order valence-electron chi connectivity index (χ2n) is 5.08. The van der Waals surface area contributed by atoms with Gasteiger partial charge in [-0.2, -0.15) is 0 Å². The van der Waals surface area contributed by atoms with E-state index in [9.17, 15) is 0 Å². The highest BCUT2D eigenvalue weighted by Crippen LogP contribution is 2.37. The summed E-state index contributed by atoms with van der Waals surface area (Å²) in [6.07, 6.45) is 1.82. The molecule has 0 fully saturated rings. The van der Waals surface area contributed by atoms with Gasteiger partial charge in [0.05, 0.1) is 0 Å². The number of hydrogen-bond acceptors (Lipinski definition) is 5. The first-order valence-corrected chi connectivity index (χ1v) is 6.94. The zero-order chi connectivity index (χ0) is 14.1. The maximum absolute atomic E-state index is 5.51. The van der Waals surface area contributed by atoms with Crippen LogP contribution in [0.2, 0.25) is 0 Å². The Balaban J connectivity index is 2.08. The predicted octanol–water partition coefficient (Wildman–Crippen LogP) is 2.41. The number of anilines is 3. The molecule has 0 saturated heterocycles. The topological polar surface area (TPSA) is 67.1 Å². The Morgan fingerprint density at radius 3 is 2.90 bits per heavy atom. The Labute approximate surface area is 118 Å². The monoisotopic (exact) mass is 269 g/mol. The van der Waals surface area contributed by atoms with Crippen LogP contribution in [-0.4, -0.2) is 16.0 Å². The highest BCUT2D eigenvalue weighted by atomic mass is 15.3. The number of nitrogen functional groups attached to an aromatic ring is 1. The fraction of sp³-hybridized carbons (Fsp3) is 0.333. The molecule has 0 saturated carbocycles. The summed E-state index contributed by atoms with van der Waals surface area (Å²) >= 11 is 0. The lowest BCUT2D eigenvalue weighted by molar-refractivity contribution is 0.744. The minimum atomic E-state index is 0.387. The van der Waals surface area contributed by atoms with E-state index in [-0.39, 0.29) is 0 Å². The molecule has 1 atom stereocenters. The second kappa shape index (κ2) is 5.09. The quantitative estimate of drug-likeness (QED) is 0.661. The van der Waals surface area contributed by atoms with Crippen molar-refractivity contribution in [3.8, 4) is 0 Å². The summed E-state index contributed by atoms with van der Waals surface area (Å²) in [5.74, 6) is 7.87. The van der Waals surface area contributed by atoms with Gasteiger partial charge < -0.3 is 10.3 Å². The molecule has 0 bridgehead atoms. The summed E-state index contributed by atoms with van der Waals surface area (Å²) in [4.78, 5) is 11.3. The van der Waals surface area contributed by atoms with Gasteiger partial charge in [-0.3, -0.25) is 0 Å². The first-order valence-electron chi connectivity index (χ1n) is 6.94. The van der Waals surface area contributed by atoms with E-state index in [2.05, 4.69) is 51.5 Å². The molecule has 1 aromatic carbocycles. The first kappa shape index (κ1) is 12.9. The number of aromatic nitrogens is 2. The van der Waals surface area contributed by atoms with Crippen LogP contribution in [0.5, 0.6) is 0 Å². The molecule has 0 radical (unpaired) electrons. The summed E-state index contributed by atoms with van der Waals surface area (Å²) in [6, 6.07) is 10.8. The third kappa shape index (κ3) is 2.10. The standard InChI is InChI=1S/C15H19N5/c1-3-13-17-14(19-16)9-15(18-13)20-10(2)8-11-6-4-5-7-12(11)20/h4-7,9-10H,3,8,16H2,1-2H3,(H,17,18,19). The Kier molecular flexibility index (Phi) is 3.28. The Hall–Kier alpha value is -2.14. The largest absolute Gasteiger partial charge is 0.323 e. The highest BCUT2D eigenvalue weighted by molar-refractivity contribution is 5.70. The molecular formula is C15H19N5. The van der Waals surface area contributed by atoms with E-state index in [1.54, 1.807) is 0 Å². The van der Waals surface area contributed by atoms with Crippen LogP contribution in [0.15, 0.2) is 30.3 Å². The van der Waals surface area contributed by atoms with Gasteiger partial charge in [0.1, 0.15) is 17.5 Å². The molecule has 104 valence electrons. The number of benzene rings is 1. The molecule has 0 amide bonds. The number of aryl methyl sites for hydroxylation is 1. The van der Waals surface area contributed by atoms with Crippen LogP contribution in [0.25, 0.3) is 0 Å². The minimum absolute atomic E-state index is 0.387. The van der Waals surface area contributed by atoms with Crippen LogP contribution in [0.4, 0.5) is 17.3 Å². The van der Waals surface area contributed by atoms with Crippen LogP contribution in [0.3, 0.4) is 0 Å². The van der Waals surface area contributed by atoms with Gasteiger partial charge in [-0.05, 0) is 25.0 Å². The number of para-hydroxylation sites is 1. The molecular weight excluding hydrogens is 250 g/mol. The number of fused-ring (bicyclic) bond motifs is 1. The van der Waals surface area contributed by atoms with Gasteiger partial charge in [0.2, 0.25) is 0 Å². The molecule has 0 spiro atoms. The van der Waals surface area contributed by atoms with Gasteiger partial charge in [-0.1, -0.05) is 25.1 Å². The molecule has 1 aliphatic heterocycles. The van der Waals surface area contributed by atoms with Crippen molar-refractivity contribution in [3.05, 3.63) is 41.7 Å². The van der Waals surface area contributed by atoms with Gasteiger partial charge >= 0.3 is 0 Å². The van der Waals surface area contributed by atoms with E-state index in [0.29, 0.717) is 11.9 Å². The average molecular weight is 269 g/mol. The summed E-state index contributed by atoms with van der Waals surface area (Å²) < 4.78 is 0. The zero-order valence-corrected chi connectivity index (χ0v) is 11.8. The maximum Gasteiger partial charge on any atom is 0.145 e. The van der Waals surface area contributed by atoms with Crippen molar-refractivity contribution in [2.24, 2.45) is 5.84 Å². The molecule has 5 heteroatoms. The van der Waals surface area contributed by atoms with E-state index < -0.39 is 0 Å². The van der Waals surface area contributed by atoms with Crippen molar-refractivity contribution >= 4 is 17.3 Å². The smallest absolute Gasteiger partial charge is 0.145 e. The van der Waals surface area contributed by atoms with Gasteiger partial charge in [0, 0.05) is 24.2 Å². The third-order valence-corrected chi connectivity index (χ3v) is 3.68. The van der Waals surface area contributed by atoms with Crippen molar-refractivity contribution in [1.29, 1.82) is 0 Å². The van der Waals surface area contributed by atoms with Gasteiger partial charge in [0.15, 0.2) is 0 Å². The molecule has 3 N–H and O–H groups in total. The molecule has 1 aliphatic rings. The fourth-order valence-electron chi connectivity index (χ4n) is 2.75. The lowest BCUT2D eigenvalue weighted by atomic mass is 10.1. The number of nitrogens with two attached hydrogens (primary N) is 1. The maximum atomic E-state index is 5.51. The predicted molar refractivity (Wildman–Crippen MR) is 81.0 cm³/mol. The molecule has 1 unspecified atom stereocenters. The van der Waals surface area contributed by atoms with Crippen molar-refractivity contribution in [2.45, 2.75) is 32.7 Å². The molecule has 2 aromatic rings. The molecule has 0 aliphatic carbocycles. The van der Waals surface area contributed by atoms with Crippen LogP contribution in [0.1, 0.15) is 25.2 Å². The van der Waals surface area contributed by atoms with Crippen LogP contribution >= 0.6 is 0 Å². The van der Waals surface area contributed by atoms with E-state index >= 15 is 0 Å². The second-order valence-corrected chi connectivity index (χ2v) is 5.08. The summed E-state index contributed by atoms with van der Waals surface area (Å²) in [6.45, 7) is 4.25. The number of hydrazine groups is 1. The summed E-state index contributed by atoms with van der Waals surface area (Å²) in [5, 5.41) is 0. The lowest BCUT2D eigenvalue weighted by Gasteiger charge is -2.24. The Bertz CT molecular complexity index is 603. The number of hydrogen-bond donors (Lipinski definition) is 2. The molecule has 1 aromatic heterocycles. The minimum Gasteiger partial charge on any atom is -0.323 e. The van der Waals surface area contributed by atoms with E-state index in [0.717, 1.165) is 24.5 Å². The van der Waals surface area contributed by atoms with Gasteiger partial charge in [0.25, 0.3) is 0 Å². The van der Waals surface area contributed by atoms with E-state index in [1.165, 1.54) is 11.3 Å². The van der Waals surface area contributed by atoms with Crippen LogP contribution in [-0.2, 0) is 12.8 Å². The normalized spacial score (nSPS) is 17.1. The highest BCUT2D eigenvalue weighted by Gasteiger charge is 2.28. The molecule has 5 nitrogen and oxygen atoms in total. The van der Waals surface area contributed by atoms with Crippen LogP contribution < -0.4 is 16.2 Å². The van der Waals surface area contributed by atoms with Gasteiger partial charge in [-0.15, -0.1) is 0 Å². The van der Waals surface area contributed by atoms with E-state index in [4.69, 9.17) is 5.84 Å². The summed E-state index contributed by atoms with van der Waals surface area (Å²) in [7, 11) is 0. The lowest BCUT2D eigenvalue weighted by Crippen LogP contribution is -2.25. The number of nitrogens with one attached hydrogen (secondary N) is 1. The summed E-state index contributed by atoms with van der Waals surface area (Å²) in [5.41, 5.74) is 5.21. The molecule has 2 heterocycles. The Morgan fingerprint density at radius 1 is 1.35 bits per heavy atom. The fourth-order valence-corrected chi connectivity index (χ4v) is 2.75. The van der Waals surface area contributed by atoms with Gasteiger partial charge in [-0.25, -0.2) is 15.8 Å². The van der Waals surface area contributed by atoms with Crippen molar-refractivity contribution in [3.63, 3.8) is 0 Å². The Morgan fingerprint density at radius 2 is 2.15 bits per heavy atom. The van der Waals surface area contributed by atoms with Crippen LogP contribution in [0, 0.1) is 0 Å². The number of nitrogens with zero attached hydrogens (tertiary/aromatic N) is 3. The third-order valence-electron chi connectivity index (χ3n) is 3.68. The van der Waals surface area contributed by atoms with Crippen molar-refractivity contribution < 1.29 is 0 Å². The molecule has 20 heavy (non-hydrogen) atoms. The first-order chi connectivity index (χ1) is 9.72. The average Bonchev–Trinajstić information content (AvgIpc) is 2.82. The van der Waals surface area contributed by atoms with Crippen molar-refractivity contribution in [1.82, 2.24) is 9.97 Å². The van der Waals surface area contributed by atoms with Crippen molar-refractivity contribution in [2.75, 3.05) is 10.3 Å². The number of rotatable bonds is 3. The molecule has 3 rings (SSSR count). The SMILES string of the molecule is CCc1nc(NN)cc(N2c3ccccc3CC2C)n1. The zero-order valence-electron chi connectivity index (χ0n) is 11.8.